The standard InChI is InChI=1S/C34H26F4/c1-2-3-4-5-25-8-16-29(17-9-25)30-18-10-26(11-19-30)6-7-28-13-21-31(33(35)24-28)20-12-27-14-22-32(23-15-27)34(36,37)38/h8-11,13-19,21-24H,2-5H2,1H3. The van der Waals surface area contributed by atoms with Gasteiger partial charge in [-0.1, -0.05) is 79.8 Å². The molecule has 0 saturated carbocycles. The summed E-state index contributed by atoms with van der Waals surface area (Å²) in [7, 11) is 0. The molecule has 0 N–H and O–H groups in total. The highest BCUT2D eigenvalue weighted by molar-refractivity contribution is 5.65. The lowest BCUT2D eigenvalue weighted by molar-refractivity contribution is -0.137. The molecular weight excluding hydrogens is 484 g/mol. The molecule has 4 aromatic rings. The Bertz CT molecular complexity index is 1490. The van der Waals surface area contributed by atoms with Gasteiger partial charge in [-0.2, -0.15) is 13.2 Å². The zero-order valence-electron chi connectivity index (χ0n) is 21.0. The Kier molecular flexibility index (Phi) is 8.67. The fourth-order valence-electron chi connectivity index (χ4n) is 3.91. The highest BCUT2D eigenvalue weighted by Crippen LogP contribution is 2.29. The Balaban J connectivity index is 1.40. The first-order valence-electron chi connectivity index (χ1n) is 12.5. The summed E-state index contributed by atoms with van der Waals surface area (Å²) in [6.07, 6.45) is 0.385. The summed E-state index contributed by atoms with van der Waals surface area (Å²) >= 11 is 0. The second kappa shape index (κ2) is 12.3. The predicted molar refractivity (Wildman–Crippen MR) is 145 cm³/mol. The number of halogens is 4. The van der Waals surface area contributed by atoms with E-state index in [-0.39, 0.29) is 5.56 Å². The van der Waals surface area contributed by atoms with Crippen molar-refractivity contribution in [3.63, 3.8) is 0 Å². The van der Waals surface area contributed by atoms with E-state index in [4.69, 9.17) is 0 Å². The van der Waals surface area contributed by atoms with E-state index in [9.17, 15) is 17.6 Å². The molecule has 38 heavy (non-hydrogen) atoms. The highest BCUT2D eigenvalue weighted by Gasteiger charge is 2.29. The van der Waals surface area contributed by atoms with Gasteiger partial charge in [-0.25, -0.2) is 4.39 Å². The third-order valence-corrected chi connectivity index (χ3v) is 6.12. The Labute approximate surface area is 221 Å². The fourth-order valence-corrected chi connectivity index (χ4v) is 3.91. The molecule has 4 aromatic carbocycles. The Morgan fingerprint density at radius 3 is 1.71 bits per heavy atom. The van der Waals surface area contributed by atoms with Gasteiger partial charge in [-0.15, -0.1) is 0 Å². The molecule has 0 saturated heterocycles. The van der Waals surface area contributed by atoms with Crippen LogP contribution < -0.4 is 0 Å². The summed E-state index contributed by atoms with van der Waals surface area (Å²) in [5, 5.41) is 0. The molecule has 4 rings (SSSR count). The van der Waals surface area contributed by atoms with Gasteiger partial charge in [-0.3, -0.25) is 0 Å². The largest absolute Gasteiger partial charge is 0.416 e. The van der Waals surface area contributed by atoms with Crippen LogP contribution >= 0.6 is 0 Å². The highest BCUT2D eigenvalue weighted by atomic mass is 19.4. The van der Waals surface area contributed by atoms with Gasteiger partial charge in [0.05, 0.1) is 11.1 Å². The van der Waals surface area contributed by atoms with Crippen molar-refractivity contribution >= 4 is 0 Å². The predicted octanol–water partition coefficient (Wildman–Crippen LogP) is 9.04. The number of unbranched alkanes of at least 4 members (excludes halogenated alkanes) is 2. The molecule has 0 aliphatic carbocycles. The molecule has 0 aliphatic rings. The molecule has 0 amide bonds. The van der Waals surface area contributed by atoms with Crippen molar-refractivity contribution in [2.45, 2.75) is 38.8 Å². The summed E-state index contributed by atoms with van der Waals surface area (Å²) in [4.78, 5) is 0. The third-order valence-electron chi connectivity index (χ3n) is 6.12. The van der Waals surface area contributed by atoms with Gasteiger partial charge in [0.25, 0.3) is 0 Å². The van der Waals surface area contributed by atoms with Gasteiger partial charge in [0.1, 0.15) is 5.82 Å². The molecule has 0 aliphatic heterocycles. The number of hydrogen-bond acceptors (Lipinski definition) is 0. The van der Waals surface area contributed by atoms with Crippen LogP contribution in [0.3, 0.4) is 0 Å². The molecular formula is C34H26F4. The summed E-state index contributed by atoms with van der Waals surface area (Å²) < 4.78 is 52.6. The van der Waals surface area contributed by atoms with Crippen LogP contribution in [-0.4, -0.2) is 0 Å². The second-order valence-corrected chi connectivity index (χ2v) is 9.00. The van der Waals surface area contributed by atoms with Gasteiger partial charge >= 0.3 is 6.18 Å². The van der Waals surface area contributed by atoms with E-state index < -0.39 is 17.6 Å². The van der Waals surface area contributed by atoms with Crippen LogP contribution in [0, 0.1) is 29.5 Å². The monoisotopic (exact) mass is 510 g/mol. The first-order chi connectivity index (χ1) is 18.3. The van der Waals surface area contributed by atoms with Gasteiger partial charge in [0.2, 0.25) is 0 Å². The van der Waals surface area contributed by atoms with Crippen molar-refractivity contribution in [1.82, 2.24) is 0 Å². The van der Waals surface area contributed by atoms with E-state index in [0.717, 1.165) is 35.2 Å². The van der Waals surface area contributed by atoms with Crippen molar-refractivity contribution in [2.75, 3.05) is 0 Å². The zero-order valence-corrected chi connectivity index (χ0v) is 21.0. The SMILES string of the molecule is CCCCCc1ccc(-c2ccc(C#Cc3ccc(C#Cc4ccc(C(F)(F)F)cc4)c(F)c3)cc2)cc1. The molecule has 0 spiro atoms. The van der Waals surface area contributed by atoms with Crippen molar-refractivity contribution in [3.8, 4) is 34.8 Å². The van der Waals surface area contributed by atoms with E-state index in [2.05, 4.69) is 54.9 Å². The van der Waals surface area contributed by atoms with Crippen molar-refractivity contribution < 1.29 is 17.6 Å². The quantitative estimate of drug-likeness (QED) is 0.143. The molecule has 0 unspecified atom stereocenters. The minimum absolute atomic E-state index is 0.149. The van der Waals surface area contributed by atoms with Crippen LogP contribution in [0.15, 0.2) is 91.0 Å². The maximum atomic E-state index is 14.5. The van der Waals surface area contributed by atoms with Crippen molar-refractivity contribution in [2.24, 2.45) is 0 Å². The zero-order chi connectivity index (χ0) is 27.0. The smallest absolute Gasteiger partial charge is 0.206 e. The average Bonchev–Trinajstić information content (AvgIpc) is 2.92. The molecule has 190 valence electrons. The number of alkyl halides is 3. The van der Waals surface area contributed by atoms with E-state index in [1.165, 1.54) is 49.1 Å². The number of aryl methyl sites for hydroxylation is 1. The molecule has 0 bridgehead atoms. The van der Waals surface area contributed by atoms with Crippen LogP contribution in [0.2, 0.25) is 0 Å². The van der Waals surface area contributed by atoms with Crippen LogP contribution in [0.1, 0.15) is 59.6 Å². The lowest BCUT2D eigenvalue weighted by atomic mass is 10.0. The summed E-state index contributed by atoms with van der Waals surface area (Å²) in [5.41, 5.74) is 4.70. The Morgan fingerprint density at radius 2 is 1.13 bits per heavy atom. The summed E-state index contributed by atoms with van der Waals surface area (Å²) in [5.74, 6) is 10.9. The van der Waals surface area contributed by atoms with Gasteiger partial charge in [0, 0.05) is 16.7 Å². The van der Waals surface area contributed by atoms with Crippen LogP contribution in [0.25, 0.3) is 11.1 Å². The van der Waals surface area contributed by atoms with E-state index >= 15 is 0 Å². The maximum absolute atomic E-state index is 14.5. The Morgan fingerprint density at radius 1 is 0.605 bits per heavy atom. The summed E-state index contributed by atoms with van der Waals surface area (Å²) in [6.45, 7) is 2.21. The van der Waals surface area contributed by atoms with E-state index in [1.54, 1.807) is 6.07 Å². The van der Waals surface area contributed by atoms with Crippen LogP contribution in [0.4, 0.5) is 17.6 Å². The van der Waals surface area contributed by atoms with Crippen molar-refractivity contribution in [1.29, 1.82) is 0 Å². The second-order valence-electron chi connectivity index (χ2n) is 9.00. The minimum atomic E-state index is -4.41. The van der Waals surface area contributed by atoms with E-state index in [0.29, 0.717) is 11.1 Å². The van der Waals surface area contributed by atoms with E-state index in [1.807, 2.05) is 24.3 Å². The normalized spacial score (nSPS) is 10.8. The minimum Gasteiger partial charge on any atom is -0.206 e. The molecule has 0 heterocycles. The fraction of sp³-hybridized carbons (Fsp3) is 0.176. The first-order valence-corrected chi connectivity index (χ1v) is 12.5. The molecule has 0 aromatic heterocycles. The van der Waals surface area contributed by atoms with Gasteiger partial charge in [0.15, 0.2) is 0 Å². The molecule has 0 radical (unpaired) electrons. The molecule has 4 heteroatoms. The lowest BCUT2D eigenvalue weighted by Crippen LogP contribution is -2.04. The Hall–Kier alpha value is -4.28. The molecule has 0 fully saturated rings. The van der Waals surface area contributed by atoms with Crippen LogP contribution in [-0.2, 0) is 12.6 Å². The van der Waals surface area contributed by atoms with Gasteiger partial charge < -0.3 is 0 Å². The van der Waals surface area contributed by atoms with Crippen molar-refractivity contribution in [3.05, 3.63) is 130 Å². The summed E-state index contributed by atoms with van der Waals surface area (Å²) in [6, 6.07) is 25.5. The molecule has 0 atom stereocenters. The average molecular weight is 511 g/mol. The maximum Gasteiger partial charge on any atom is 0.416 e. The van der Waals surface area contributed by atoms with Gasteiger partial charge in [-0.05, 0) is 84.1 Å². The number of rotatable bonds is 5. The number of benzene rings is 4. The topological polar surface area (TPSA) is 0 Å². The third kappa shape index (κ3) is 7.37. The lowest BCUT2D eigenvalue weighted by Gasteiger charge is -2.05. The van der Waals surface area contributed by atoms with Crippen LogP contribution in [0.5, 0.6) is 0 Å². The number of hydrogen-bond donors (Lipinski definition) is 0. The first kappa shape index (κ1) is 26.8. The molecule has 0 nitrogen and oxygen atoms in total.